The number of carbonyl (C=O) groups excluding carboxylic acids is 2. The Morgan fingerprint density at radius 1 is 1.40 bits per heavy atom. The number of carbonyl (C=O) groups is 2. The Hall–Kier alpha value is -1.66. The van der Waals surface area contributed by atoms with E-state index in [2.05, 4.69) is 15.6 Å². The van der Waals surface area contributed by atoms with Gasteiger partial charge in [0, 0.05) is 5.02 Å². The summed E-state index contributed by atoms with van der Waals surface area (Å²) >= 11 is 7.25. The Morgan fingerprint density at radius 2 is 2.20 bits per heavy atom. The van der Waals surface area contributed by atoms with Crippen LogP contribution in [-0.2, 0) is 4.79 Å². The number of benzene rings is 1. The van der Waals surface area contributed by atoms with E-state index in [4.69, 9.17) is 11.6 Å². The zero-order valence-corrected chi connectivity index (χ0v) is 11.8. The van der Waals surface area contributed by atoms with Crippen molar-refractivity contribution in [2.75, 3.05) is 0 Å². The van der Waals surface area contributed by atoms with Crippen molar-refractivity contribution in [1.82, 2.24) is 15.6 Å². The highest BCUT2D eigenvalue weighted by molar-refractivity contribution is 7.20. The van der Waals surface area contributed by atoms with E-state index in [-0.39, 0.29) is 17.0 Å². The second-order valence-corrected chi connectivity index (χ2v) is 6.83. The minimum atomic E-state index is -0.236. The van der Waals surface area contributed by atoms with Crippen LogP contribution in [0.2, 0.25) is 5.02 Å². The van der Waals surface area contributed by atoms with Crippen molar-refractivity contribution in [2.24, 2.45) is 0 Å². The molecule has 1 aromatic carbocycles. The lowest BCUT2D eigenvalue weighted by Gasteiger charge is -2.02. The topological polar surface area (TPSA) is 71.1 Å². The predicted octanol–water partition coefficient (Wildman–Crippen LogP) is 1.71. The van der Waals surface area contributed by atoms with Gasteiger partial charge in [-0.05, 0) is 31.0 Å². The number of nitrogens with one attached hydrogen (secondary N) is 2. The lowest BCUT2D eigenvalue weighted by molar-refractivity contribution is -0.110. The highest BCUT2D eigenvalue weighted by Gasteiger charge is 2.84. The molecule has 2 aliphatic rings. The van der Waals surface area contributed by atoms with Crippen molar-refractivity contribution in [1.29, 1.82) is 0 Å². The van der Waals surface area contributed by atoms with E-state index in [0.29, 0.717) is 16.4 Å². The number of rotatable bonds is 4. The Morgan fingerprint density at radius 3 is 2.95 bits per heavy atom. The van der Waals surface area contributed by atoms with Crippen LogP contribution < -0.4 is 10.6 Å². The first kappa shape index (κ1) is 12.1. The SMILES string of the molecule is O=CNC12CC1(NC(=O)c1nc3cc(Cl)ccc3s1)C2. The molecule has 20 heavy (non-hydrogen) atoms. The maximum absolute atomic E-state index is 12.2. The second-order valence-electron chi connectivity index (χ2n) is 5.37. The number of thiazole rings is 1. The molecule has 0 unspecified atom stereocenters. The van der Waals surface area contributed by atoms with Crippen molar-refractivity contribution < 1.29 is 9.59 Å². The van der Waals surface area contributed by atoms with Crippen molar-refractivity contribution >= 4 is 45.5 Å². The van der Waals surface area contributed by atoms with E-state index in [9.17, 15) is 9.59 Å². The number of nitrogens with zero attached hydrogens (tertiary/aromatic N) is 1. The van der Waals surface area contributed by atoms with E-state index in [0.717, 1.165) is 23.1 Å². The minimum absolute atomic E-state index is 0.186. The third kappa shape index (κ3) is 1.58. The van der Waals surface area contributed by atoms with Crippen LogP contribution in [0.15, 0.2) is 18.2 Å². The van der Waals surface area contributed by atoms with Gasteiger partial charge >= 0.3 is 0 Å². The second kappa shape index (κ2) is 3.71. The number of hydrogen-bond donors (Lipinski definition) is 2. The van der Waals surface area contributed by atoms with Crippen LogP contribution in [-0.4, -0.2) is 28.4 Å². The fraction of sp³-hybridized carbons (Fsp3) is 0.308. The van der Waals surface area contributed by atoms with E-state index < -0.39 is 0 Å². The summed E-state index contributed by atoms with van der Waals surface area (Å²) in [5, 5.41) is 6.78. The largest absolute Gasteiger partial charge is 0.351 e. The molecule has 2 N–H and O–H groups in total. The van der Waals surface area contributed by atoms with Crippen LogP contribution in [0.4, 0.5) is 0 Å². The molecule has 102 valence electrons. The summed E-state index contributed by atoms with van der Waals surface area (Å²) in [6, 6.07) is 5.38. The van der Waals surface area contributed by atoms with Gasteiger partial charge in [-0.2, -0.15) is 0 Å². The summed E-state index contributed by atoms with van der Waals surface area (Å²) in [5.74, 6) is -0.186. The van der Waals surface area contributed by atoms with Crippen LogP contribution in [0.25, 0.3) is 10.2 Å². The summed E-state index contributed by atoms with van der Waals surface area (Å²) in [6.45, 7) is 0. The molecule has 4 rings (SSSR count). The lowest BCUT2D eigenvalue weighted by atomic mass is 10.3. The van der Waals surface area contributed by atoms with Gasteiger partial charge in [0.25, 0.3) is 5.91 Å². The number of amides is 2. The quantitative estimate of drug-likeness (QED) is 0.845. The van der Waals surface area contributed by atoms with E-state index in [1.165, 1.54) is 11.3 Å². The van der Waals surface area contributed by atoms with Crippen LogP contribution in [0.3, 0.4) is 0 Å². The normalized spacial score (nSPS) is 29.6. The molecule has 0 spiro atoms. The highest BCUT2D eigenvalue weighted by atomic mass is 35.5. The Balaban J connectivity index is 1.55. The summed E-state index contributed by atoms with van der Waals surface area (Å²) in [4.78, 5) is 27.0. The molecule has 0 radical (unpaired) electrons. The number of fused-ring (bicyclic) bond motifs is 2. The molecule has 0 atom stereocenters. The molecule has 2 amide bonds. The van der Waals surface area contributed by atoms with Crippen molar-refractivity contribution in [3.05, 3.63) is 28.2 Å². The molecule has 7 heteroatoms. The average Bonchev–Trinajstić information content (AvgIpc) is 3.08. The molecular weight excluding hydrogens is 298 g/mol. The van der Waals surface area contributed by atoms with Crippen LogP contribution in [0, 0.1) is 0 Å². The third-order valence-electron chi connectivity index (χ3n) is 4.11. The first-order chi connectivity index (χ1) is 9.57. The van der Waals surface area contributed by atoms with Gasteiger partial charge in [0.05, 0.1) is 21.3 Å². The lowest BCUT2D eigenvalue weighted by Crippen LogP contribution is -2.32. The van der Waals surface area contributed by atoms with E-state index in [1.54, 1.807) is 12.1 Å². The van der Waals surface area contributed by atoms with Gasteiger partial charge in [-0.1, -0.05) is 11.6 Å². The molecule has 5 nitrogen and oxygen atoms in total. The van der Waals surface area contributed by atoms with Crippen molar-refractivity contribution in [3.63, 3.8) is 0 Å². The Labute approximate surface area is 123 Å². The number of halogens is 1. The van der Waals surface area contributed by atoms with Gasteiger partial charge in [0.1, 0.15) is 0 Å². The number of hydrogen-bond acceptors (Lipinski definition) is 4. The van der Waals surface area contributed by atoms with Crippen molar-refractivity contribution in [3.8, 4) is 0 Å². The summed E-state index contributed by atoms with van der Waals surface area (Å²) < 4.78 is 0.931. The standard InChI is InChI=1S/C13H10ClN3O2S/c14-7-1-2-9-8(3-7)16-11(20-9)10(19)17-13-4-12(13,5-13)15-6-18/h1-3,6H,4-5H2,(H,15,18)(H,17,19). The van der Waals surface area contributed by atoms with Gasteiger partial charge in [-0.3, -0.25) is 9.59 Å². The zero-order chi connectivity index (χ0) is 14.0. The molecule has 0 bridgehead atoms. The predicted molar refractivity (Wildman–Crippen MR) is 76.0 cm³/mol. The molecule has 0 saturated heterocycles. The Bertz CT molecular complexity index is 751. The van der Waals surface area contributed by atoms with Gasteiger partial charge in [0.2, 0.25) is 6.41 Å². The summed E-state index contributed by atoms with van der Waals surface area (Å²) in [7, 11) is 0. The summed E-state index contributed by atoms with van der Waals surface area (Å²) in [6.07, 6.45) is 2.31. The maximum Gasteiger partial charge on any atom is 0.280 e. The first-order valence-electron chi connectivity index (χ1n) is 6.18. The fourth-order valence-electron chi connectivity index (χ4n) is 2.72. The smallest absolute Gasteiger partial charge is 0.280 e. The molecule has 1 aromatic heterocycles. The van der Waals surface area contributed by atoms with E-state index in [1.807, 2.05) is 6.07 Å². The monoisotopic (exact) mass is 307 g/mol. The van der Waals surface area contributed by atoms with Crippen molar-refractivity contribution in [2.45, 2.75) is 23.9 Å². The highest BCUT2D eigenvalue weighted by Crippen LogP contribution is 2.70. The molecule has 2 saturated carbocycles. The fourth-order valence-corrected chi connectivity index (χ4v) is 3.73. The maximum atomic E-state index is 12.2. The molecular formula is C13H10ClN3O2S. The third-order valence-corrected chi connectivity index (χ3v) is 5.38. The molecule has 2 aromatic rings. The zero-order valence-electron chi connectivity index (χ0n) is 10.3. The van der Waals surface area contributed by atoms with E-state index >= 15 is 0 Å². The van der Waals surface area contributed by atoms with Gasteiger partial charge in [-0.15, -0.1) is 11.3 Å². The van der Waals surface area contributed by atoms with Crippen LogP contribution in [0.1, 0.15) is 22.6 Å². The Kier molecular flexibility index (Phi) is 2.24. The van der Waals surface area contributed by atoms with Crippen LogP contribution in [0.5, 0.6) is 0 Å². The van der Waals surface area contributed by atoms with Crippen LogP contribution >= 0.6 is 22.9 Å². The number of aromatic nitrogens is 1. The first-order valence-corrected chi connectivity index (χ1v) is 7.37. The van der Waals surface area contributed by atoms with Gasteiger partial charge < -0.3 is 10.6 Å². The van der Waals surface area contributed by atoms with Gasteiger partial charge in [-0.25, -0.2) is 4.98 Å². The van der Waals surface area contributed by atoms with Gasteiger partial charge in [0.15, 0.2) is 5.01 Å². The molecule has 2 aliphatic carbocycles. The molecule has 2 fully saturated rings. The minimum Gasteiger partial charge on any atom is -0.351 e. The molecule has 0 aliphatic heterocycles. The average molecular weight is 308 g/mol. The molecule has 1 heterocycles. The summed E-state index contributed by atoms with van der Waals surface area (Å²) in [5.41, 5.74) is 0.305.